The Balaban J connectivity index is 0.000000293. The maximum Gasteiger partial charge on any atom is 0.135 e. The van der Waals surface area contributed by atoms with E-state index < -0.39 is 11.6 Å². The molecule has 0 N–H and O–H groups in total. The molecule has 2 saturated heterocycles. The highest BCUT2D eigenvalue weighted by Gasteiger charge is 2.24. The first kappa shape index (κ1) is 25.9. The van der Waals surface area contributed by atoms with Crippen LogP contribution in [0.2, 0.25) is 0 Å². The third-order valence-electron chi connectivity index (χ3n) is 7.28. The number of nitrogens with zero attached hydrogens (tertiary/aromatic N) is 5. The van der Waals surface area contributed by atoms with Crippen molar-refractivity contribution in [3.05, 3.63) is 71.4 Å². The molecule has 3 aromatic heterocycles. The van der Waals surface area contributed by atoms with Crippen LogP contribution in [0.3, 0.4) is 0 Å². The van der Waals surface area contributed by atoms with E-state index in [-0.39, 0.29) is 24.2 Å². The second-order valence-electron chi connectivity index (χ2n) is 10.2. The summed E-state index contributed by atoms with van der Waals surface area (Å²) in [6, 6.07) is 8.15. The third-order valence-corrected chi connectivity index (χ3v) is 7.28. The van der Waals surface area contributed by atoms with Gasteiger partial charge in [-0.15, -0.1) is 0 Å². The van der Waals surface area contributed by atoms with E-state index in [1.807, 2.05) is 36.1 Å². The normalized spacial score (nSPS) is 18.0. The Hall–Kier alpha value is -3.34. The van der Waals surface area contributed by atoms with Crippen molar-refractivity contribution < 1.29 is 23.0 Å². The van der Waals surface area contributed by atoms with Gasteiger partial charge in [0.1, 0.15) is 28.9 Å². The fourth-order valence-corrected chi connectivity index (χ4v) is 4.75. The molecule has 1 aromatic carbocycles. The highest BCUT2D eigenvalue weighted by molar-refractivity contribution is 5.89. The van der Waals surface area contributed by atoms with Gasteiger partial charge in [-0.25, -0.2) is 23.7 Å². The Labute approximate surface area is 225 Å². The lowest BCUT2D eigenvalue weighted by atomic mass is 9.94. The molecule has 0 bridgehead atoms. The largest absolute Gasteiger partial charge is 0.381 e. The number of hydrogen-bond acceptors (Lipinski definition) is 7. The highest BCUT2D eigenvalue weighted by atomic mass is 19.1. The summed E-state index contributed by atoms with van der Waals surface area (Å²) in [5.74, 6) is -1.11. The molecule has 3 fully saturated rings. The van der Waals surface area contributed by atoms with E-state index >= 15 is 0 Å². The molecule has 8 nitrogen and oxygen atoms in total. The minimum absolute atomic E-state index is 0.0555. The van der Waals surface area contributed by atoms with E-state index in [2.05, 4.69) is 5.10 Å². The van der Waals surface area contributed by atoms with Crippen LogP contribution >= 0.6 is 0 Å². The minimum atomic E-state index is -0.676. The maximum atomic E-state index is 14.7. The van der Waals surface area contributed by atoms with Gasteiger partial charge in [-0.1, -0.05) is 0 Å². The average molecular weight is 536 g/mol. The van der Waals surface area contributed by atoms with Gasteiger partial charge in [0.15, 0.2) is 0 Å². The van der Waals surface area contributed by atoms with Crippen LogP contribution in [0.1, 0.15) is 54.7 Å². The van der Waals surface area contributed by atoms with Crippen molar-refractivity contribution in [2.75, 3.05) is 26.4 Å². The molecule has 5 heterocycles. The van der Waals surface area contributed by atoms with Gasteiger partial charge in [0.2, 0.25) is 0 Å². The lowest BCUT2D eigenvalue weighted by Crippen LogP contribution is -2.36. The summed E-state index contributed by atoms with van der Waals surface area (Å²) in [7, 11) is 0. The van der Waals surface area contributed by atoms with Gasteiger partial charge in [0, 0.05) is 48.8 Å². The molecule has 7 rings (SSSR count). The van der Waals surface area contributed by atoms with Crippen LogP contribution in [0.15, 0.2) is 42.7 Å². The van der Waals surface area contributed by atoms with Crippen LogP contribution in [0.25, 0.3) is 22.3 Å². The zero-order valence-electron chi connectivity index (χ0n) is 21.9. The lowest BCUT2D eigenvalue weighted by Gasteiger charge is -2.26. The Morgan fingerprint density at radius 3 is 2.49 bits per heavy atom. The monoisotopic (exact) mass is 535 g/mol. The number of halogens is 2. The fraction of sp³-hybridized carbons (Fsp3) is 0.448. The van der Waals surface area contributed by atoms with Crippen molar-refractivity contribution in [2.45, 2.75) is 57.3 Å². The molecule has 0 spiro atoms. The van der Waals surface area contributed by atoms with Gasteiger partial charge in [-0.3, -0.25) is 4.68 Å². The molecular formula is C29H31F2N5O3. The van der Waals surface area contributed by atoms with Crippen LogP contribution < -0.4 is 0 Å². The molecule has 204 valence electrons. The molecule has 0 radical (unpaired) electrons. The van der Waals surface area contributed by atoms with Crippen LogP contribution in [-0.4, -0.2) is 57.3 Å². The van der Waals surface area contributed by atoms with Gasteiger partial charge >= 0.3 is 0 Å². The van der Waals surface area contributed by atoms with Crippen molar-refractivity contribution >= 4 is 11.0 Å². The molecule has 1 aliphatic carbocycles. The second-order valence-corrected chi connectivity index (χ2v) is 10.2. The van der Waals surface area contributed by atoms with Crippen molar-refractivity contribution in [3.63, 3.8) is 0 Å². The summed E-state index contributed by atoms with van der Waals surface area (Å²) in [6.45, 7) is 4.64. The molecule has 1 saturated carbocycles. The number of hydrogen-bond donors (Lipinski definition) is 0. The molecular weight excluding hydrogens is 504 g/mol. The van der Waals surface area contributed by atoms with E-state index in [0.717, 1.165) is 36.3 Å². The van der Waals surface area contributed by atoms with Crippen LogP contribution in [0.5, 0.6) is 0 Å². The summed E-state index contributed by atoms with van der Waals surface area (Å²) in [4.78, 5) is 14.3. The van der Waals surface area contributed by atoms with Gasteiger partial charge in [0.05, 0.1) is 42.8 Å². The average Bonchev–Trinajstić information content (AvgIpc) is 3.62. The smallest absolute Gasteiger partial charge is 0.135 e. The summed E-state index contributed by atoms with van der Waals surface area (Å²) in [5.41, 5.74) is 3.96. The number of pyridine rings is 1. The predicted molar refractivity (Wildman–Crippen MR) is 140 cm³/mol. The first-order valence-electron chi connectivity index (χ1n) is 13.4. The molecule has 4 aromatic rings. The molecule has 0 unspecified atom stereocenters. The summed E-state index contributed by atoms with van der Waals surface area (Å²) in [6.07, 6.45) is 8.23. The summed E-state index contributed by atoms with van der Waals surface area (Å²) in [5, 5.41) is 4.09. The zero-order valence-corrected chi connectivity index (χ0v) is 21.9. The molecule has 2 aliphatic heterocycles. The number of aromatic nitrogens is 5. The predicted octanol–water partition coefficient (Wildman–Crippen LogP) is 5.31. The Morgan fingerprint density at radius 1 is 1.00 bits per heavy atom. The van der Waals surface area contributed by atoms with E-state index in [0.29, 0.717) is 48.8 Å². The number of fused-ring (bicyclic) bond motifs is 1. The van der Waals surface area contributed by atoms with E-state index in [1.165, 1.54) is 25.0 Å². The third kappa shape index (κ3) is 5.98. The zero-order chi connectivity index (χ0) is 26.8. The van der Waals surface area contributed by atoms with Crippen LogP contribution in [0.4, 0.5) is 8.78 Å². The Morgan fingerprint density at radius 2 is 1.82 bits per heavy atom. The molecule has 39 heavy (non-hydrogen) atoms. The highest BCUT2D eigenvalue weighted by Crippen LogP contribution is 2.34. The van der Waals surface area contributed by atoms with Crippen molar-refractivity contribution in [2.24, 2.45) is 0 Å². The van der Waals surface area contributed by atoms with Gasteiger partial charge in [-0.2, -0.15) is 5.10 Å². The fourth-order valence-electron chi connectivity index (χ4n) is 4.75. The number of aryl methyl sites for hydroxylation is 1. The maximum absolute atomic E-state index is 14.7. The summed E-state index contributed by atoms with van der Waals surface area (Å²) < 4.78 is 46.7. The van der Waals surface area contributed by atoms with E-state index in [1.54, 1.807) is 0 Å². The SMILES string of the molecule is Cc1nc2cc(C3CCOCC3)nc(-c3ccc(F)cc3F)c2nc1COC1COC1.c1cnn(C2CC2)c1. The molecule has 3 aliphatic rings. The molecule has 10 heteroatoms. The van der Waals surface area contributed by atoms with Crippen molar-refractivity contribution in [3.8, 4) is 11.3 Å². The first-order chi connectivity index (χ1) is 19.0. The van der Waals surface area contributed by atoms with Gasteiger partial charge < -0.3 is 14.2 Å². The minimum Gasteiger partial charge on any atom is -0.381 e. The van der Waals surface area contributed by atoms with Crippen molar-refractivity contribution in [1.82, 2.24) is 24.7 Å². The standard InChI is InChI=1S/C23H23F2N3O3.C6H8N2/c1-13-21(12-31-16-10-30-11-16)28-23-20(26-13)9-19(14-4-6-29-7-5-14)27-22(23)17-3-2-15(24)8-18(17)25;1-4-7-8(5-1)6-2-3-6/h2-3,8-9,14,16H,4-7,10-12H2,1H3;1,4-6H,2-3H2. The topological polar surface area (TPSA) is 84.2 Å². The number of ether oxygens (including phenoxy) is 3. The van der Waals surface area contributed by atoms with E-state index in [4.69, 9.17) is 29.2 Å². The number of benzene rings is 1. The Kier molecular flexibility index (Phi) is 7.58. The molecule has 0 atom stereocenters. The van der Waals surface area contributed by atoms with Gasteiger partial charge in [-0.05, 0) is 56.9 Å². The van der Waals surface area contributed by atoms with Crippen LogP contribution in [0, 0.1) is 18.6 Å². The second kappa shape index (κ2) is 11.4. The Bertz CT molecular complexity index is 1430. The lowest BCUT2D eigenvalue weighted by molar-refractivity contribution is -0.136. The van der Waals surface area contributed by atoms with Crippen molar-refractivity contribution in [1.29, 1.82) is 0 Å². The first-order valence-corrected chi connectivity index (χ1v) is 13.4. The molecule has 0 amide bonds. The number of rotatable bonds is 6. The van der Waals surface area contributed by atoms with E-state index in [9.17, 15) is 8.78 Å². The van der Waals surface area contributed by atoms with Gasteiger partial charge in [0.25, 0.3) is 0 Å². The summed E-state index contributed by atoms with van der Waals surface area (Å²) >= 11 is 0. The van der Waals surface area contributed by atoms with Crippen LogP contribution in [-0.2, 0) is 20.8 Å². The quantitative estimate of drug-likeness (QED) is 0.331.